The summed E-state index contributed by atoms with van der Waals surface area (Å²) in [7, 11) is 1.70. The Morgan fingerprint density at radius 3 is 3.06 bits per heavy atom. The number of rotatable bonds is 4. The highest BCUT2D eigenvalue weighted by atomic mass is 32.1. The molecule has 1 aliphatic rings. The van der Waals surface area contributed by atoms with E-state index in [0.717, 1.165) is 30.3 Å². The van der Waals surface area contributed by atoms with Crippen molar-refractivity contribution >= 4 is 11.3 Å². The Balaban J connectivity index is 1.89. The van der Waals surface area contributed by atoms with E-state index in [0.29, 0.717) is 18.6 Å². The van der Waals surface area contributed by atoms with Gasteiger partial charge in [-0.25, -0.2) is 4.98 Å². The third kappa shape index (κ3) is 2.79. The van der Waals surface area contributed by atoms with Gasteiger partial charge in [-0.05, 0) is 5.92 Å². The van der Waals surface area contributed by atoms with Gasteiger partial charge in [0.15, 0.2) is 0 Å². The van der Waals surface area contributed by atoms with Gasteiger partial charge in [-0.2, -0.15) is 0 Å². The molecular weight excluding hydrogens is 222 g/mol. The summed E-state index contributed by atoms with van der Waals surface area (Å²) >= 11 is 1.67. The van der Waals surface area contributed by atoms with Crippen molar-refractivity contribution in [3.63, 3.8) is 0 Å². The van der Waals surface area contributed by atoms with Gasteiger partial charge in [-0.15, -0.1) is 11.3 Å². The van der Waals surface area contributed by atoms with E-state index in [1.807, 2.05) is 0 Å². The van der Waals surface area contributed by atoms with Crippen LogP contribution >= 0.6 is 11.3 Å². The third-order valence-electron chi connectivity index (χ3n) is 3.00. The summed E-state index contributed by atoms with van der Waals surface area (Å²) in [5.74, 6) is 0.595. The van der Waals surface area contributed by atoms with Crippen molar-refractivity contribution in [3.8, 4) is 0 Å². The molecule has 1 saturated heterocycles. The van der Waals surface area contributed by atoms with Crippen LogP contribution in [0.2, 0.25) is 0 Å². The van der Waals surface area contributed by atoms with Crippen molar-refractivity contribution in [1.29, 1.82) is 0 Å². The average Bonchev–Trinajstić information content (AvgIpc) is 2.77. The summed E-state index contributed by atoms with van der Waals surface area (Å²) < 4.78 is 5.06. The number of nitrogens with two attached hydrogens (primary N) is 1. The first-order valence-corrected chi connectivity index (χ1v) is 6.47. The molecule has 2 heterocycles. The van der Waals surface area contributed by atoms with E-state index in [2.05, 4.69) is 22.2 Å². The van der Waals surface area contributed by atoms with E-state index < -0.39 is 0 Å². The van der Waals surface area contributed by atoms with Crippen LogP contribution in [-0.4, -0.2) is 36.1 Å². The molecule has 2 N–H and O–H groups in total. The predicted molar refractivity (Wildman–Crippen MR) is 65.2 cm³/mol. The summed E-state index contributed by atoms with van der Waals surface area (Å²) in [6.45, 7) is 5.80. The molecule has 0 radical (unpaired) electrons. The molecule has 2 unspecified atom stereocenters. The van der Waals surface area contributed by atoms with E-state index in [1.54, 1.807) is 18.4 Å². The molecule has 0 bridgehead atoms. The zero-order valence-electron chi connectivity index (χ0n) is 9.85. The number of hydrogen-bond donors (Lipinski definition) is 1. The third-order valence-corrected chi connectivity index (χ3v) is 3.87. The van der Waals surface area contributed by atoms with Crippen LogP contribution in [0.1, 0.15) is 17.6 Å². The summed E-state index contributed by atoms with van der Waals surface area (Å²) in [5, 5.41) is 3.16. The zero-order chi connectivity index (χ0) is 11.5. The van der Waals surface area contributed by atoms with Crippen LogP contribution in [-0.2, 0) is 17.9 Å². The molecule has 2 rings (SSSR count). The highest BCUT2D eigenvalue weighted by Crippen LogP contribution is 2.18. The molecule has 0 amide bonds. The lowest BCUT2D eigenvalue weighted by Crippen LogP contribution is -2.28. The number of nitrogens with zero attached hydrogens (tertiary/aromatic N) is 2. The molecule has 16 heavy (non-hydrogen) atoms. The van der Waals surface area contributed by atoms with Gasteiger partial charge in [0.2, 0.25) is 0 Å². The maximum Gasteiger partial charge on any atom is 0.119 e. The molecule has 0 spiro atoms. The van der Waals surface area contributed by atoms with Crippen LogP contribution in [0.15, 0.2) is 5.38 Å². The Hall–Kier alpha value is -0.490. The molecule has 1 aromatic heterocycles. The van der Waals surface area contributed by atoms with Crippen LogP contribution in [0.4, 0.5) is 0 Å². The largest absolute Gasteiger partial charge is 0.378 e. The number of likely N-dealkylation sites (tertiary alicyclic amines) is 1. The number of ether oxygens (including phenoxy) is 1. The lowest BCUT2D eigenvalue weighted by atomic mass is 10.1. The van der Waals surface area contributed by atoms with Gasteiger partial charge < -0.3 is 10.5 Å². The first-order valence-electron chi connectivity index (χ1n) is 5.59. The maximum atomic E-state index is 6.00. The van der Waals surface area contributed by atoms with Gasteiger partial charge in [0.05, 0.1) is 12.3 Å². The molecule has 1 aliphatic heterocycles. The summed E-state index contributed by atoms with van der Waals surface area (Å²) in [5.41, 5.74) is 7.13. The van der Waals surface area contributed by atoms with E-state index in [-0.39, 0.29) is 0 Å². The van der Waals surface area contributed by atoms with Gasteiger partial charge in [-0.3, -0.25) is 4.90 Å². The molecular formula is C11H19N3OS. The van der Waals surface area contributed by atoms with Gasteiger partial charge in [-0.1, -0.05) is 6.92 Å². The minimum atomic E-state index is 0.317. The SMILES string of the molecule is COCc1nc(CN2CC(C)C(N)C2)cs1. The van der Waals surface area contributed by atoms with Gasteiger partial charge in [0.25, 0.3) is 0 Å². The highest BCUT2D eigenvalue weighted by molar-refractivity contribution is 7.09. The van der Waals surface area contributed by atoms with E-state index in [9.17, 15) is 0 Å². The second kappa shape index (κ2) is 5.23. The number of aromatic nitrogens is 1. The second-order valence-corrected chi connectivity index (χ2v) is 5.44. The fraction of sp³-hybridized carbons (Fsp3) is 0.727. The minimum Gasteiger partial charge on any atom is -0.378 e. The minimum absolute atomic E-state index is 0.317. The van der Waals surface area contributed by atoms with Crippen LogP contribution in [0.3, 0.4) is 0 Å². The average molecular weight is 241 g/mol. The van der Waals surface area contributed by atoms with E-state index >= 15 is 0 Å². The highest BCUT2D eigenvalue weighted by Gasteiger charge is 2.26. The Bertz CT molecular complexity index is 332. The number of hydrogen-bond acceptors (Lipinski definition) is 5. The fourth-order valence-corrected chi connectivity index (χ4v) is 2.82. The first-order chi connectivity index (χ1) is 7.69. The van der Waals surface area contributed by atoms with Crippen LogP contribution < -0.4 is 5.73 Å². The quantitative estimate of drug-likeness (QED) is 0.856. The molecule has 4 nitrogen and oxygen atoms in total. The summed E-state index contributed by atoms with van der Waals surface area (Å²) in [6.07, 6.45) is 0. The van der Waals surface area contributed by atoms with Crippen molar-refractivity contribution in [2.75, 3.05) is 20.2 Å². The van der Waals surface area contributed by atoms with Gasteiger partial charge in [0, 0.05) is 38.2 Å². The Morgan fingerprint density at radius 2 is 2.44 bits per heavy atom. The van der Waals surface area contributed by atoms with Gasteiger partial charge in [0.1, 0.15) is 5.01 Å². The smallest absolute Gasteiger partial charge is 0.119 e. The standard InChI is InChI=1S/C11H19N3OS/c1-8-3-14(5-10(8)12)4-9-7-16-11(13-9)6-15-2/h7-8,10H,3-6,12H2,1-2H3. The van der Waals surface area contributed by atoms with Crippen molar-refractivity contribution < 1.29 is 4.74 Å². The van der Waals surface area contributed by atoms with E-state index in [4.69, 9.17) is 10.5 Å². The van der Waals surface area contributed by atoms with Crippen molar-refractivity contribution in [1.82, 2.24) is 9.88 Å². The van der Waals surface area contributed by atoms with Crippen molar-refractivity contribution in [3.05, 3.63) is 16.1 Å². The lowest BCUT2D eigenvalue weighted by molar-refractivity contribution is 0.184. The second-order valence-electron chi connectivity index (χ2n) is 4.50. The Kier molecular flexibility index (Phi) is 3.91. The molecule has 5 heteroatoms. The normalized spacial score (nSPS) is 26.4. The fourth-order valence-electron chi connectivity index (χ4n) is 2.06. The zero-order valence-corrected chi connectivity index (χ0v) is 10.7. The summed E-state index contributed by atoms with van der Waals surface area (Å²) in [6, 6.07) is 0.317. The van der Waals surface area contributed by atoms with Crippen molar-refractivity contribution in [2.24, 2.45) is 11.7 Å². The Morgan fingerprint density at radius 1 is 1.62 bits per heavy atom. The molecule has 0 saturated carbocycles. The number of methoxy groups -OCH3 is 1. The predicted octanol–water partition coefficient (Wildman–Crippen LogP) is 1.07. The molecule has 2 atom stereocenters. The topological polar surface area (TPSA) is 51.4 Å². The number of thiazole rings is 1. The molecule has 90 valence electrons. The van der Waals surface area contributed by atoms with E-state index in [1.165, 1.54) is 0 Å². The molecule has 1 fully saturated rings. The molecule has 0 aromatic carbocycles. The Labute approximate surface area is 100 Å². The first kappa shape index (κ1) is 12.0. The van der Waals surface area contributed by atoms with Gasteiger partial charge >= 0.3 is 0 Å². The van der Waals surface area contributed by atoms with Crippen LogP contribution in [0, 0.1) is 5.92 Å². The van der Waals surface area contributed by atoms with Crippen LogP contribution in [0.25, 0.3) is 0 Å². The van der Waals surface area contributed by atoms with Crippen molar-refractivity contribution in [2.45, 2.75) is 26.1 Å². The monoisotopic (exact) mass is 241 g/mol. The maximum absolute atomic E-state index is 6.00. The lowest BCUT2D eigenvalue weighted by Gasteiger charge is -2.12. The summed E-state index contributed by atoms with van der Waals surface area (Å²) in [4.78, 5) is 6.90. The molecule has 1 aromatic rings. The molecule has 0 aliphatic carbocycles. The van der Waals surface area contributed by atoms with Crippen LogP contribution in [0.5, 0.6) is 0 Å².